The Kier molecular flexibility index (Phi) is 9.51. The van der Waals surface area contributed by atoms with Crippen molar-refractivity contribution in [2.75, 3.05) is 24.8 Å². The van der Waals surface area contributed by atoms with Gasteiger partial charge in [-0.2, -0.15) is 4.98 Å². The van der Waals surface area contributed by atoms with E-state index in [9.17, 15) is 4.79 Å². The summed E-state index contributed by atoms with van der Waals surface area (Å²) in [5, 5.41) is 9.46. The number of nitrogens with one attached hydrogen (secondary N) is 1. The van der Waals surface area contributed by atoms with Crippen LogP contribution >= 0.6 is 50.9 Å². The number of methoxy groups -OCH3 is 1. The molecule has 3 aromatic rings. The summed E-state index contributed by atoms with van der Waals surface area (Å²) >= 11 is 17.3. The highest BCUT2D eigenvalue weighted by Crippen LogP contribution is 2.43. The second kappa shape index (κ2) is 12.6. The highest BCUT2D eigenvalue weighted by atomic mass is 79.9. The van der Waals surface area contributed by atoms with E-state index in [1.165, 1.54) is 11.8 Å². The summed E-state index contributed by atoms with van der Waals surface area (Å²) in [7, 11) is 1.56. The molecule has 38 heavy (non-hydrogen) atoms. The van der Waals surface area contributed by atoms with Crippen LogP contribution in [0.2, 0.25) is 10.0 Å². The number of aromatic nitrogens is 3. The zero-order valence-corrected chi connectivity index (χ0v) is 25.2. The number of carbonyl (C=O) groups is 1. The lowest BCUT2D eigenvalue weighted by atomic mass is 9.95. The molecule has 202 valence electrons. The van der Waals surface area contributed by atoms with Gasteiger partial charge in [-0.3, -0.25) is 0 Å². The molecule has 0 saturated heterocycles. The van der Waals surface area contributed by atoms with E-state index in [1.807, 2.05) is 39.0 Å². The molecular weight excluding hydrogens is 615 g/mol. The van der Waals surface area contributed by atoms with Gasteiger partial charge in [-0.05, 0) is 70.4 Å². The van der Waals surface area contributed by atoms with Crippen molar-refractivity contribution in [3.05, 3.63) is 67.2 Å². The standard InChI is InChI=1S/C26H27BrCl2N4O4S/c1-5-9-36-24(34)21-14(3)30-25-31-26(38-6-2)32-33(25)22(21)16-11-17(27)23(20(12-16)35-4)37-13-15-7-8-18(28)19(29)10-15/h7-8,10-12,22H,5-6,9,13H2,1-4H3,(H,30,31,32). The van der Waals surface area contributed by atoms with Crippen LogP contribution in [-0.2, 0) is 16.1 Å². The Bertz CT molecular complexity index is 1380. The van der Waals surface area contributed by atoms with Crippen molar-refractivity contribution in [2.45, 2.75) is 45.0 Å². The maximum absolute atomic E-state index is 13.2. The van der Waals surface area contributed by atoms with Gasteiger partial charge in [0.15, 0.2) is 11.5 Å². The van der Waals surface area contributed by atoms with Gasteiger partial charge in [0.2, 0.25) is 11.1 Å². The number of nitrogens with zero attached hydrogens (tertiary/aromatic N) is 3. The number of thioether (sulfide) groups is 1. The number of ether oxygens (including phenoxy) is 3. The summed E-state index contributed by atoms with van der Waals surface area (Å²) < 4.78 is 19.7. The molecule has 0 saturated carbocycles. The van der Waals surface area contributed by atoms with Gasteiger partial charge < -0.3 is 19.5 Å². The number of carbonyl (C=O) groups excluding carboxylic acids is 1. The second-order valence-corrected chi connectivity index (χ2v) is 11.3. The van der Waals surface area contributed by atoms with Crippen LogP contribution in [0.3, 0.4) is 0 Å². The van der Waals surface area contributed by atoms with Crippen molar-refractivity contribution in [3.63, 3.8) is 0 Å². The van der Waals surface area contributed by atoms with Crippen LogP contribution in [0.5, 0.6) is 11.5 Å². The van der Waals surface area contributed by atoms with Crippen LogP contribution in [0, 0.1) is 0 Å². The van der Waals surface area contributed by atoms with E-state index in [2.05, 4.69) is 26.2 Å². The molecule has 1 unspecified atom stereocenters. The van der Waals surface area contributed by atoms with Crippen LogP contribution in [0.1, 0.15) is 44.4 Å². The molecule has 0 amide bonds. The molecule has 0 fully saturated rings. The number of hydrogen-bond acceptors (Lipinski definition) is 8. The summed E-state index contributed by atoms with van der Waals surface area (Å²) in [6.45, 7) is 6.38. The smallest absolute Gasteiger partial charge is 0.338 e. The summed E-state index contributed by atoms with van der Waals surface area (Å²) in [5.41, 5.74) is 2.70. The van der Waals surface area contributed by atoms with Crippen molar-refractivity contribution in [3.8, 4) is 11.5 Å². The lowest BCUT2D eigenvalue weighted by Crippen LogP contribution is -2.30. The molecule has 12 heteroatoms. The third kappa shape index (κ3) is 6.09. The number of hydrogen-bond donors (Lipinski definition) is 1. The minimum atomic E-state index is -0.594. The average Bonchev–Trinajstić information content (AvgIpc) is 3.29. The highest BCUT2D eigenvalue weighted by Gasteiger charge is 2.36. The molecule has 1 atom stereocenters. The average molecular weight is 642 g/mol. The number of halogens is 3. The molecule has 2 heterocycles. The Balaban J connectivity index is 1.75. The van der Waals surface area contributed by atoms with Crippen LogP contribution in [0.4, 0.5) is 5.95 Å². The number of rotatable bonds is 10. The summed E-state index contributed by atoms with van der Waals surface area (Å²) in [6, 6.07) is 8.46. The summed E-state index contributed by atoms with van der Waals surface area (Å²) in [5.74, 6) is 1.94. The zero-order chi connectivity index (χ0) is 27.4. The number of fused-ring (bicyclic) bond motifs is 1. The Morgan fingerprint density at radius 3 is 2.68 bits per heavy atom. The topological polar surface area (TPSA) is 87.5 Å². The molecule has 0 radical (unpaired) electrons. The molecule has 1 aromatic heterocycles. The monoisotopic (exact) mass is 640 g/mol. The first-order valence-corrected chi connectivity index (χ1v) is 14.5. The van der Waals surface area contributed by atoms with Crippen LogP contribution in [-0.4, -0.2) is 40.2 Å². The van der Waals surface area contributed by atoms with E-state index < -0.39 is 12.0 Å². The van der Waals surface area contributed by atoms with Crippen molar-refractivity contribution in [1.82, 2.24) is 14.8 Å². The fourth-order valence-corrected chi connectivity index (χ4v) is 5.44. The molecule has 1 N–H and O–H groups in total. The number of allylic oxidation sites excluding steroid dienone is 1. The Morgan fingerprint density at radius 2 is 2.00 bits per heavy atom. The fourth-order valence-electron chi connectivity index (χ4n) is 3.99. The van der Waals surface area contributed by atoms with Gasteiger partial charge in [0.1, 0.15) is 12.6 Å². The lowest BCUT2D eigenvalue weighted by molar-refractivity contribution is -0.139. The van der Waals surface area contributed by atoms with E-state index in [0.717, 1.165) is 16.9 Å². The van der Waals surface area contributed by atoms with Gasteiger partial charge >= 0.3 is 5.97 Å². The molecule has 1 aliphatic rings. The zero-order valence-electron chi connectivity index (χ0n) is 21.3. The minimum absolute atomic E-state index is 0.247. The first-order valence-electron chi connectivity index (χ1n) is 12.0. The van der Waals surface area contributed by atoms with Gasteiger partial charge in [0.05, 0.1) is 33.8 Å². The first-order chi connectivity index (χ1) is 18.3. The van der Waals surface area contributed by atoms with Gasteiger partial charge in [-0.25, -0.2) is 9.48 Å². The van der Waals surface area contributed by atoms with Gasteiger partial charge in [-0.1, -0.05) is 54.9 Å². The van der Waals surface area contributed by atoms with Gasteiger partial charge in [0.25, 0.3) is 0 Å². The van der Waals surface area contributed by atoms with Crippen LogP contribution < -0.4 is 14.8 Å². The third-order valence-electron chi connectivity index (χ3n) is 5.70. The maximum atomic E-state index is 13.2. The fraction of sp³-hybridized carbons (Fsp3) is 0.346. The number of esters is 1. The van der Waals surface area contributed by atoms with E-state index in [0.29, 0.717) is 61.4 Å². The van der Waals surface area contributed by atoms with Gasteiger partial charge in [-0.15, -0.1) is 5.10 Å². The van der Waals surface area contributed by atoms with Gasteiger partial charge in [0, 0.05) is 5.70 Å². The van der Waals surface area contributed by atoms with E-state index in [1.54, 1.807) is 23.9 Å². The summed E-state index contributed by atoms with van der Waals surface area (Å²) in [4.78, 5) is 17.8. The van der Waals surface area contributed by atoms with Crippen molar-refractivity contribution >= 4 is 62.8 Å². The van der Waals surface area contributed by atoms with Crippen molar-refractivity contribution < 1.29 is 19.0 Å². The Labute approximate surface area is 244 Å². The predicted molar refractivity (Wildman–Crippen MR) is 154 cm³/mol. The second-order valence-electron chi connectivity index (χ2n) is 8.37. The maximum Gasteiger partial charge on any atom is 0.338 e. The van der Waals surface area contributed by atoms with E-state index in [-0.39, 0.29) is 6.61 Å². The lowest BCUT2D eigenvalue weighted by Gasteiger charge is -2.28. The number of benzene rings is 2. The Hall–Kier alpha value is -2.40. The van der Waals surface area contributed by atoms with Crippen molar-refractivity contribution in [2.24, 2.45) is 0 Å². The molecule has 1 aliphatic heterocycles. The largest absolute Gasteiger partial charge is 0.493 e. The minimum Gasteiger partial charge on any atom is -0.493 e. The molecule has 4 rings (SSSR count). The van der Waals surface area contributed by atoms with E-state index >= 15 is 0 Å². The molecule has 0 spiro atoms. The van der Waals surface area contributed by atoms with Crippen LogP contribution in [0.15, 0.2) is 51.2 Å². The SMILES string of the molecule is CCCOC(=O)C1=C(C)Nc2nc(SCC)nn2C1c1cc(Br)c(OCc2ccc(Cl)c(Cl)c2)c(OC)c1. The molecule has 0 aliphatic carbocycles. The highest BCUT2D eigenvalue weighted by molar-refractivity contribution is 9.10. The third-order valence-corrected chi connectivity index (χ3v) is 7.75. The van der Waals surface area contributed by atoms with Crippen molar-refractivity contribution in [1.29, 1.82) is 0 Å². The van der Waals surface area contributed by atoms with Crippen LogP contribution in [0.25, 0.3) is 0 Å². The predicted octanol–water partition coefficient (Wildman–Crippen LogP) is 7.29. The molecule has 2 aromatic carbocycles. The summed E-state index contributed by atoms with van der Waals surface area (Å²) in [6.07, 6.45) is 0.715. The molecule has 8 nitrogen and oxygen atoms in total. The first kappa shape index (κ1) is 28.6. The number of anilines is 1. The van der Waals surface area contributed by atoms with E-state index in [4.69, 9.17) is 42.5 Å². The quantitative estimate of drug-likeness (QED) is 0.182. The normalized spacial score (nSPS) is 14.7. The Morgan fingerprint density at radius 1 is 1.21 bits per heavy atom. The molecular formula is C26H27BrCl2N4O4S. The molecule has 0 bridgehead atoms.